The highest BCUT2D eigenvalue weighted by Crippen LogP contribution is 2.15. The number of rotatable bonds is 5. The molecule has 0 aromatic heterocycles. The van der Waals surface area contributed by atoms with Gasteiger partial charge >= 0.3 is 0 Å². The van der Waals surface area contributed by atoms with Crippen molar-refractivity contribution in [2.24, 2.45) is 10.9 Å². The van der Waals surface area contributed by atoms with E-state index in [1.54, 1.807) is 0 Å². The third-order valence-corrected chi connectivity index (χ3v) is 5.60. The fourth-order valence-corrected chi connectivity index (χ4v) is 4.23. The molecule has 1 aromatic rings. The van der Waals surface area contributed by atoms with Gasteiger partial charge in [-0.3, -0.25) is 9.89 Å². The highest BCUT2D eigenvalue weighted by molar-refractivity contribution is 14.0. The highest BCUT2D eigenvalue weighted by atomic mass is 127. The summed E-state index contributed by atoms with van der Waals surface area (Å²) < 4.78 is 0. The van der Waals surface area contributed by atoms with Crippen LogP contribution < -0.4 is 10.6 Å². The van der Waals surface area contributed by atoms with Gasteiger partial charge in [0.2, 0.25) is 0 Å². The highest BCUT2D eigenvalue weighted by Gasteiger charge is 2.22. The molecule has 2 atom stereocenters. The maximum absolute atomic E-state index is 4.46. The van der Waals surface area contributed by atoms with Crippen molar-refractivity contribution in [2.75, 3.05) is 46.8 Å². The van der Waals surface area contributed by atoms with Crippen LogP contribution in [0.15, 0.2) is 35.3 Å². The molecule has 2 aliphatic rings. The van der Waals surface area contributed by atoms with E-state index in [0.717, 1.165) is 31.5 Å². The summed E-state index contributed by atoms with van der Waals surface area (Å²) in [5.74, 6) is 1.69. The van der Waals surface area contributed by atoms with Crippen molar-refractivity contribution in [1.82, 2.24) is 20.4 Å². The van der Waals surface area contributed by atoms with Crippen LogP contribution in [0.1, 0.15) is 31.2 Å². The predicted molar refractivity (Wildman–Crippen MR) is 125 cm³/mol. The zero-order chi connectivity index (χ0) is 18.2. The molecule has 2 N–H and O–H groups in total. The molecule has 6 heteroatoms. The van der Waals surface area contributed by atoms with Crippen LogP contribution in [0.5, 0.6) is 0 Å². The van der Waals surface area contributed by atoms with Crippen LogP contribution in [0.2, 0.25) is 0 Å². The Morgan fingerprint density at radius 1 is 1.11 bits per heavy atom. The first-order valence-electron chi connectivity index (χ1n) is 10.1. The SMILES string of the molecule is CN=C(NCC1CCCN(C)C1)NC1CCCN(Cc2ccccc2)C1.I. The number of benzene rings is 1. The van der Waals surface area contributed by atoms with E-state index in [1.807, 2.05) is 7.05 Å². The molecule has 0 radical (unpaired) electrons. The number of guanidine groups is 1. The maximum Gasteiger partial charge on any atom is 0.191 e. The molecule has 3 rings (SSSR count). The largest absolute Gasteiger partial charge is 0.356 e. The number of aliphatic imine (C=N–C) groups is 1. The Morgan fingerprint density at radius 3 is 2.63 bits per heavy atom. The molecule has 0 bridgehead atoms. The van der Waals surface area contributed by atoms with Gasteiger partial charge in [0.15, 0.2) is 5.96 Å². The van der Waals surface area contributed by atoms with Crippen LogP contribution in [0.3, 0.4) is 0 Å². The summed E-state index contributed by atoms with van der Waals surface area (Å²) in [5.41, 5.74) is 1.40. The van der Waals surface area contributed by atoms with E-state index in [2.05, 4.69) is 62.8 Å². The van der Waals surface area contributed by atoms with Crippen LogP contribution in [-0.2, 0) is 6.54 Å². The Kier molecular flexibility index (Phi) is 9.86. The predicted octanol–water partition coefficient (Wildman–Crippen LogP) is 2.78. The molecule has 0 amide bonds. The van der Waals surface area contributed by atoms with Crippen molar-refractivity contribution in [3.63, 3.8) is 0 Å². The molecule has 5 nitrogen and oxygen atoms in total. The molecule has 1 aromatic carbocycles. The summed E-state index contributed by atoms with van der Waals surface area (Å²) in [7, 11) is 4.11. The minimum Gasteiger partial charge on any atom is -0.356 e. The second kappa shape index (κ2) is 11.9. The molecule has 2 fully saturated rings. The van der Waals surface area contributed by atoms with Gasteiger partial charge < -0.3 is 15.5 Å². The smallest absolute Gasteiger partial charge is 0.191 e. The Bertz CT molecular complexity index is 565. The minimum absolute atomic E-state index is 0. The summed E-state index contributed by atoms with van der Waals surface area (Å²) in [4.78, 5) is 9.45. The first-order valence-corrected chi connectivity index (χ1v) is 10.1. The van der Waals surface area contributed by atoms with E-state index < -0.39 is 0 Å². The quantitative estimate of drug-likeness (QED) is 0.383. The van der Waals surface area contributed by atoms with E-state index in [-0.39, 0.29) is 24.0 Å². The number of hydrogen-bond donors (Lipinski definition) is 2. The molecule has 27 heavy (non-hydrogen) atoms. The van der Waals surface area contributed by atoms with Gasteiger partial charge in [-0.25, -0.2) is 0 Å². The van der Waals surface area contributed by atoms with Crippen LogP contribution >= 0.6 is 24.0 Å². The van der Waals surface area contributed by atoms with E-state index >= 15 is 0 Å². The molecule has 2 unspecified atom stereocenters. The zero-order valence-electron chi connectivity index (χ0n) is 16.9. The zero-order valence-corrected chi connectivity index (χ0v) is 19.2. The monoisotopic (exact) mass is 485 g/mol. The van der Waals surface area contributed by atoms with Crippen LogP contribution in [0, 0.1) is 5.92 Å². The normalized spacial score (nSPS) is 24.9. The summed E-state index contributed by atoms with van der Waals surface area (Å²) >= 11 is 0. The first-order chi connectivity index (χ1) is 12.7. The Balaban J connectivity index is 0.00000261. The van der Waals surface area contributed by atoms with E-state index in [1.165, 1.54) is 50.9 Å². The first kappa shape index (κ1) is 22.4. The molecule has 0 aliphatic carbocycles. The van der Waals surface area contributed by atoms with Crippen molar-refractivity contribution in [1.29, 1.82) is 0 Å². The molecule has 0 saturated carbocycles. The van der Waals surface area contributed by atoms with Gasteiger partial charge in [0.25, 0.3) is 0 Å². The fourth-order valence-electron chi connectivity index (χ4n) is 4.23. The molecule has 0 spiro atoms. The van der Waals surface area contributed by atoms with Gasteiger partial charge in [0, 0.05) is 39.3 Å². The number of halogens is 1. The van der Waals surface area contributed by atoms with Gasteiger partial charge in [-0.2, -0.15) is 0 Å². The van der Waals surface area contributed by atoms with Crippen LogP contribution in [0.4, 0.5) is 0 Å². The second-order valence-corrected chi connectivity index (χ2v) is 7.93. The summed E-state index contributed by atoms with van der Waals surface area (Å²) in [5, 5.41) is 7.22. The Labute approximate surface area is 182 Å². The average molecular weight is 485 g/mol. The van der Waals surface area contributed by atoms with Crippen molar-refractivity contribution in [2.45, 2.75) is 38.3 Å². The minimum atomic E-state index is 0. The van der Waals surface area contributed by atoms with Crippen molar-refractivity contribution >= 4 is 29.9 Å². The molecule has 2 aliphatic heterocycles. The number of hydrogen-bond acceptors (Lipinski definition) is 3. The van der Waals surface area contributed by atoms with Gasteiger partial charge in [-0.1, -0.05) is 30.3 Å². The lowest BCUT2D eigenvalue weighted by Crippen LogP contribution is -2.52. The van der Waals surface area contributed by atoms with Gasteiger partial charge in [0.05, 0.1) is 0 Å². The lowest BCUT2D eigenvalue weighted by atomic mass is 9.98. The number of nitrogens with one attached hydrogen (secondary N) is 2. The lowest BCUT2D eigenvalue weighted by Gasteiger charge is -2.34. The average Bonchev–Trinajstić information content (AvgIpc) is 2.66. The second-order valence-electron chi connectivity index (χ2n) is 7.93. The van der Waals surface area contributed by atoms with Gasteiger partial charge in [-0.05, 0) is 57.3 Å². The summed E-state index contributed by atoms with van der Waals surface area (Å²) in [6, 6.07) is 11.3. The maximum atomic E-state index is 4.46. The standard InChI is InChI=1S/C21H35N5.HI/c1-22-21(23-14-19-10-6-12-25(2)15-19)24-20-11-7-13-26(17-20)16-18-8-4-3-5-9-18;/h3-5,8-9,19-20H,6-7,10-17H2,1-2H3,(H2,22,23,24);1H. The Morgan fingerprint density at radius 2 is 1.89 bits per heavy atom. The summed E-state index contributed by atoms with van der Waals surface area (Å²) in [6.45, 7) is 6.76. The van der Waals surface area contributed by atoms with Gasteiger partial charge in [0.1, 0.15) is 0 Å². The molecule has 2 saturated heterocycles. The third kappa shape index (κ3) is 7.58. The number of nitrogens with zero attached hydrogens (tertiary/aromatic N) is 3. The van der Waals surface area contributed by atoms with Crippen LogP contribution in [-0.4, -0.2) is 68.6 Å². The number of piperidine rings is 2. The summed E-state index contributed by atoms with van der Waals surface area (Å²) in [6.07, 6.45) is 5.10. The molecular weight excluding hydrogens is 449 g/mol. The lowest BCUT2D eigenvalue weighted by molar-refractivity contribution is 0.191. The molecular formula is C21H36IN5. The van der Waals surface area contributed by atoms with Gasteiger partial charge in [-0.15, -0.1) is 24.0 Å². The van der Waals surface area contributed by atoms with Crippen LogP contribution in [0.25, 0.3) is 0 Å². The topological polar surface area (TPSA) is 42.9 Å². The third-order valence-electron chi connectivity index (χ3n) is 5.60. The molecule has 152 valence electrons. The van der Waals surface area contributed by atoms with E-state index in [9.17, 15) is 0 Å². The van der Waals surface area contributed by atoms with Crippen molar-refractivity contribution in [3.05, 3.63) is 35.9 Å². The number of likely N-dealkylation sites (tertiary alicyclic amines) is 2. The van der Waals surface area contributed by atoms with Crippen molar-refractivity contribution < 1.29 is 0 Å². The van der Waals surface area contributed by atoms with E-state index in [4.69, 9.17) is 0 Å². The van der Waals surface area contributed by atoms with Crippen molar-refractivity contribution in [3.8, 4) is 0 Å². The molecule has 2 heterocycles. The Hall–Kier alpha value is -0.860. The van der Waals surface area contributed by atoms with E-state index in [0.29, 0.717) is 6.04 Å². The fraction of sp³-hybridized carbons (Fsp3) is 0.667.